The van der Waals surface area contributed by atoms with Crippen molar-refractivity contribution in [2.24, 2.45) is 0 Å². The molecule has 0 bridgehead atoms. The molecule has 0 spiro atoms. The summed E-state index contributed by atoms with van der Waals surface area (Å²) >= 11 is 7.92. The lowest BCUT2D eigenvalue weighted by atomic mass is 10.0. The smallest absolute Gasteiger partial charge is 0.373 e. The van der Waals surface area contributed by atoms with Crippen LogP contribution in [0.25, 0.3) is 22.0 Å². The van der Waals surface area contributed by atoms with E-state index in [1.54, 1.807) is 17.8 Å². The van der Waals surface area contributed by atoms with Crippen LogP contribution in [0, 0.1) is 0 Å². The molecule has 3 aromatic heterocycles. The van der Waals surface area contributed by atoms with E-state index in [0.717, 1.165) is 55.9 Å². The molecule has 46 heavy (non-hydrogen) atoms. The molecular weight excluding hydrogens is 620 g/mol. The first-order valence-electron chi connectivity index (χ1n) is 15.0. The van der Waals surface area contributed by atoms with E-state index in [4.69, 9.17) is 25.5 Å². The molecule has 2 unspecified atom stereocenters. The van der Waals surface area contributed by atoms with Gasteiger partial charge in [-0.25, -0.2) is 4.79 Å². The molecule has 0 fully saturated rings. The third kappa shape index (κ3) is 5.80. The summed E-state index contributed by atoms with van der Waals surface area (Å²) < 4.78 is 19.2. The Morgan fingerprint density at radius 1 is 1.04 bits per heavy atom. The lowest BCUT2D eigenvalue weighted by Gasteiger charge is -2.22. The highest BCUT2D eigenvalue weighted by Crippen LogP contribution is 2.49. The number of pyridine rings is 1. The molecule has 7 rings (SSSR count). The van der Waals surface area contributed by atoms with Gasteiger partial charge in [-0.3, -0.25) is 4.98 Å². The highest BCUT2D eigenvalue weighted by atomic mass is 35.5. The minimum Gasteiger partial charge on any atom is -0.487 e. The van der Waals surface area contributed by atoms with E-state index < -0.39 is 12.1 Å². The number of carbonyl (C=O) groups excluding carboxylic acids is 1. The van der Waals surface area contributed by atoms with Crippen LogP contribution in [-0.4, -0.2) is 33.0 Å². The first-order valence-corrected chi connectivity index (χ1v) is 16.2. The zero-order valence-corrected chi connectivity index (χ0v) is 26.8. The monoisotopic (exact) mass is 650 g/mol. The number of furan rings is 1. The number of hydrogen-bond acceptors (Lipinski definition) is 7. The predicted molar refractivity (Wildman–Crippen MR) is 180 cm³/mol. The summed E-state index contributed by atoms with van der Waals surface area (Å²) in [7, 11) is 1.30. The Hall–Kier alpha value is -4.50. The molecule has 3 aromatic carbocycles. The van der Waals surface area contributed by atoms with Crippen molar-refractivity contribution < 1.29 is 23.8 Å². The molecule has 0 amide bonds. The van der Waals surface area contributed by atoms with Gasteiger partial charge in [0.05, 0.1) is 24.0 Å². The van der Waals surface area contributed by atoms with Crippen molar-refractivity contribution in [3.05, 3.63) is 136 Å². The average molecular weight is 651 g/mol. The van der Waals surface area contributed by atoms with Crippen LogP contribution in [-0.2, 0) is 24.3 Å². The lowest BCUT2D eigenvalue weighted by molar-refractivity contribution is 0.0557. The number of nitrogens with zero attached hydrogens (tertiary/aromatic N) is 2. The van der Waals surface area contributed by atoms with Gasteiger partial charge in [0.25, 0.3) is 0 Å². The van der Waals surface area contributed by atoms with Gasteiger partial charge >= 0.3 is 5.97 Å². The molecule has 232 valence electrons. The van der Waals surface area contributed by atoms with Crippen molar-refractivity contribution in [2.45, 2.75) is 42.7 Å². The third-order valence-corrected chi connectivity index (χ3v) is 9.67. The Morgan fingerprint density at radius 2 is 1.85 bits per heavy atom. The first kappa shape index (κ1) is 30.2. The Bertz CT molecular complexity index is 2020. The molecule has 6 aromatic rings. The maximum Gasteiger partial charge on any atom is 0.373 e. The highest BCUT2D eigenvalue weighted by Gasteiger charge is 2.33. The van der Waals surface area contributed by atoms with E-state index in [2.05, 4.69) is 34.7 Å². The van der Waals surface area contributed by atoms with E-state index in [-0.39, 0.29) is 16.8 Å². The van der Waals surface area contributed by atoms with E-state index in [1.165, 1.54) is 13.2 Å². The number of ether oxygens (including phenoxy) is 2. The van der Waals surface area contributed by atoms with Gasteiger partial charge in [0, 0.05) is 44.4 Å². The fourth-order valence-corrected chi connectivity index (χ4v) is 7.45. The minimum atomic E-state index is -1.13. The Balaban J connectivity index is 1.28. The topological polar surface area (TPSA) is 86.7 Å². The van der Waals surface area contributed by atoms with Crippen molar-refractivity contribution in [1.82, 2.24) is 9.55 Å². The summed E-state index contributed by atoms with van der Waals surface area (Å²) in [6.07, 6.45) is 1.55. The second-order valence-electron chi connectivity index (χ2n) is 11.3. The number of carbonyl (C=O) groups is 1. The molecule has 1 aliphatic heterocycles. The number of thioether (sulfide) groups is 1. The number of esters is 1. The van der Waals surface area contributed by atoms with E-state index in [1.807, 2.05) is 66.9 Å². The van der Waals surface area contributed by atoms with Crippen LogP contribution in [0.4, 0.5) is 0 Å². The fraction of sp³-hybridized carbons (Fsp3) is 0.189. The van der Waals surface area contributed by atoms with Crippen molar-refractivity contribution in [3.63, 3.8) is 0 Å². The molecule has 2 atom stereocenters. The SMILES string of the molecule is COC(=O)c1ccc(C(O)c2c3c4c(c(OCc5ccc(-c6ccccc6)cn5)ccc4n2Cc2ccc(Cl)cc2)CC(C)S3)o1. The number of benzene rings is 3. The van der Waals surface area contributed by atoms with Crippen LogP contribution in [0.15, 0.2) is 107 Å². The van der Waals surface area contributed by atoms with E-state index in [9.17, 15) is 9.90 Å². The summed E-state index contributed by atoms with van der Waals surface area (Å²) in [6.45, 7) is 3.00. The maximum atomic E-state index is 12.1. The number of halogens is 1. The molecular formula is C37H31ClN2O5S. The van der Waals surface area contributed by atoms with Gasteiger partial charge in [-0.1, -0.05) is 67.1 Å². The highest BCUT2D eigenvalue weighted by molar-refractivity contribution is 8.00. The van der Waals surface area contributed by atoms with Gasteiger partial charge in [-0.05, 0) is 60.0 Å². The largest absolute Gasteiger partial charge is 0.487 e. The van der Waals surface area contributed by atoms with E-state index in [0.29, 0.717) is 23.9 Å². The number of aliphatic hydroxyl groups is 1. The van der Waals surface area contributed by atoms with Crippen LogP contribution in [0.3, 0.4) is 0 Å². The zero-order valence-electron chi connectivity index (χ0n) is 25.3. The van der Waals surface area contributed by atoms with Gasteiger partial charge in [0.1, 0.15) is 18.1 Å². The summed E-state index contributed by atoms with van der Waals surface area (Å²) in [6, 6.07) is 29.1. The van der Waals surface area contributed by atoms with Gasteiger partial charge in [-0.2, -0.15) is 0 Å². The quantitative estimate of drug-likeness (QED) is 0.157. The van der Waals surface area contributed by atoms with Crippen molar-refractivity contribution in [2.75, 3.05) is 7.11 Å². The van der Waals surface area contributed by atoms with Crippen molar-refractivity contribution in [3.8, 4) is 16.9 Å². The summed E-state index contributed by atoms with van der Waals surface area (Å²) in [5.41, 5.74) is 6.81. The molecule has 0 saturated heterocycles. The lowest BCUT2D eigenvalue weighted by Crippen LogP contribution is -2.12. The number of methoxy groups -OCH3 is 1. The maximum absolute atomic E-state index is 12.1. The van der Waals surface area contributed by atoms with Crippen molar-refractivity contribution in [1.29, 1.82) is 0 Å². The zero-order chi connectivity index (χ0) is 31.8. The van der Waals surface area contributed by atoms with Gasteiger partial charge in [-0.15, -0.1) is 11.8 Å². The van der Waals surface area contributed by atoms with Gasteiger partial charge in [0.2, 0.25) is 5.76 Å². The van der Waals surface area contributed by atoms with Crippen LogP contribution >= 0.6 is 23.4 Å². The average Bonchev–Trinajstić information content (AvgIpc) is 3.70. The summed E-state index contributed by atoms with van der Waals surface area (Å²) in [5.74, 6) is 0.496. The molecule has 0 saturated carbocycles. The van der Waals surface area contributed by atoms with E-state index >= 15 is 0 Å². The molecule has 4 heterocycles. The third-order valence-electron chi connectivity index (χ3n) is 8.20. The van der Waals surface area contributed by atoms with Gasteiger partial charge in [0.15, 0.2) is 6.10 Å². The number of rotatable bonds is 9. The summed E-state index contributed by atoms with van der Waals surface area (Å²) in [5, 5.41) is 13.8. The van der Waals surface area contributed by atoms with Crippen LogP contribution in [0.2, 0.25) is 5.02 Å². The number of aromatic nitrogens is 2. The Morgan fingerprint density at radius 3 is 2.59 bits per heavy atom. The molecule has 0 aliphatic carbocycles. The van der Waals surface area contributed by atoms with Crippen LogP contribution in [0.1, 0.15) is 51.9 Å². The number of hydrogen-bond donors (Lipinski definition) is 1. The molecule has 9 heteroatoms. The molecule has 7 nitrogen and oxygen atoms in total. The van der Waals surface area contributed by atoms with Crippen LogP contribution < -0.4 is 4.74 Å². The standard InChI is InChI=1S/C37H31ClN2O5S/c1-22-18-28-30(44-21-27-13-10-25(19-39-27)24-6-4-3-5-7-24)15-14-29-33(28)36(46-22)34(40(29)20-23-8-11-26(38)12-9-23)35(41)31-16-17-32(45-31)37(42)43-2/h3-17,19,22,35,41H,18,20-21H2,1-2H3. The minimum absolute atomic E-state index is 0.0355. The summed E-state index contributed by atoms with van der Waals surface area (Å²) in [4.78, 5) is 17.8. The second kappa shape index (κ2) is 12.7. The van der Waals surface area contributed by atoms with Crippen LogP contribution in [0.5, 0.6) is 5.75 Å². The first-order chi connectivity index (χ1) is 22.4. The molecule has 0 radical (unpaired) electrons. The fourth-order valence-electron chi connectivity index (χ4n) is 5.98. The Kier molecular flexibility index (Phi) is 8.34. The van der Waals surface area contributed by atoms with Gasteiger partial charge < -0.3 is 23.6 Å². The second-order valence-corrected chi connectivity index (χ2v) is 13.2. The molecule has 1 N–H and O–H groups in total. The predicted octanol–water partition coefficient (Wildman–Crippen LogP) is 8.48. The number of aliphatic hydroxyl groups excluding tert-OH is 1. The molecule has 1 aliphatic rings. The normalized spacial score (nSPS) is 14.7. The van der Waals surface area contributed by atoms with Crippen molar-refractivity contribution >= 4 is 40.2 Å². The Labute approximate surface area is 275 Å².